The number of thioether (sulfide) groups is 1. The second-order valence-corrected chi connectivity index (χ2v) is 6.49. The summed E-state index contributed by atoms with van der Waals surface area (Å²) in [6.45, 7) is 2.10. The molecule has 0 fully saturated rings. The first-order chi connectivity index (χ1) is 10.2. The van der Waals surface area contributed by atoms with E-state index in [1.165, 1.54) is 10.5 Å². The van der Waals surface area contributed by atoms with E-state index in [0.29, 0.717) is 17.5 Å². The summed E-state index contributed by atoms with van der Waals surface area (Å²) in [5.74, 6) is 1.87. The van der Waals surface area contributed by atoms with Crippen LogP contribution in [-0.4, -0.2) is 10.2 Å². The highest BCUT2D eigenvalue weighted by Crippen LogP contribution is 2.27. The minimum Gasteiger partial charge on any atom is -0.420 e. The topological polar surface area (TPSA) is 38.9 Å². The Bertz CT molecular complexity index is 740. The Morgan fingerprint density at radius 1 is 1.05 bits per heavy atom. The predicted octanol–water partition coefficient (Wildman–Crippen LogP) is 5.10. The maximum atomic E-state index is 5.71. The van der Waals surface area contributed by atoms with Gasteiger partial charge in [-0.2, -0.15) is 0 Å². The van der Waals surface area contributed by atoms with Crippen molar-refractivity contribution in [2.24, 2.45) is 0 Å². The molecule has 0 amide bonds. The minimum absolute atomic E-state index is 0.558. The fourth-order valence-electron chi connectivity index (χ4n) is 1.88. The van der Waals surface area contributed by atoms with Gasteiger partial charge in [-0.25, -0.2) is 0 Å². The number of hydrogen-bond donors (Lipinski definition) is 0. The molecule has 0 aliphatic rings. The van der Waals surface area contributed by atoms with Gasteiger partial charge >= 0.3 is 0 Å². The first-order valence-corrected chi connectivity index (χ1v) is 8.27. The van der Waals surface area contributed by atoms with Crippen LogP contribution in [0, 0.1) is 6.92 Å². The summed E-state index contributed by atoms with van der Waals surface area (Å²) in [5.41, 5.74) is 2.19. The second-order valence-electron chi connectivity index (χ2n) is 4.56. The highest BCUT2D eigenvalue weighted by molar-refractivity contribution is 9.10. The van der Waals surface area contributed by atoms with Gasteiger partial charge < -0.3 is 4.42 Å². The molecular weight excluding hydrogens is 348 g/mol. The average Bonchev–Trinajstić information content (AvgIpc) is 2.96. The van der Waals surface area contributed by atoms with Crippen LogP contribution >= 0.6 is 27.7 Å². The Kier molecular flexibility index (Phi) is 4.41. The standard InChI is InChI=1S/C16H13BrN2OS/c1-11-4-2-3-5-14(11)21-10-15-18-19-16(20-15)12-6-8-13(17)9-7-12/h2-9H,10H2,1H3. The smallest absolute Gasteiger partial charge is 0.247 e. The van der Waals surface area contributed by atoms with E-state index in [9.17, 15) is 0 Å². The maximum Gasteiger partial charge on any atom is 0.247 e. The van der Waals surface area contributed by atoms with Crippen molar-refractivity contribution >= 4 is 27.7 Å². The molecule has 1 aromatic heterocycles. The van der Waals surface area contributed by atoms with Gasteiger partial charge in [0.1, 0.15) is 0 Å². The highest BCUT2D eigenvalue weighted by Gasteiger charge is 2.09. The fraction of sp³-hybridized carbons (Fsp3) is 0.125. The molecule has 0 aliphatic heterocycles. The van der Waals surface area contributed by atoms with Crippen LogP contribution in [0.25, 0.3) is 11.5 Å². The van der Waals surface area contributed by atoms with Crippen LogP contribution in [0.15, 0.2) is 62.3 Å². The highest BCUT2D eigenvalue weighted by atomic mass is 79.9. The Morgan fingerprint density at radius 3 is 2.57 bits per heavy atom. The van der Waals surface area contributed by atoms with Crippen LogP contribution in [0.3, 0.4) is 0 Å². The Labute approximate surface area is 135 Å². The Hall–Kier alpha value is -1.59. The van der Waals surface area contributed by atoms with Gasteiger partial charge in [0.05, 0.1) is 5.75 Å². The molecule has 0 aliphatic carbocycles. The number of nitrogens with zero attached hydrogens (tertiary/aromatic N) is 2. The van der Waals surface area contributed by atoms with Crippen molar-refractivity contribution in [1.29, 1.82) is 0 Å². The van der Waals surface area contributed by atoms with Crippen molar-refractivity contribution in [3.63, 3.8) is 0 Å². The van der Waals surface area contributed by atoms with Crippen molar-refractivity contribution in [2.45, 2.75) is 17.6 Å². The van der Waals surface area contributed by atoms with Gasteiger partial charge in [-0.3, -0.25) is 0 Å². The van der Waals surface area contributed by atoms with Gasteiger partial charge in [0, 0.05) is 14.9 Å². The molecule has 0 bridgehead atoms. The van der Waals surface area contributed by atoms with Crippen LogP contribution in [0.4, 0.5) is 0 Å². The van der Waals surface area contributed by atoms with Gasteiger partial charge in [0.25, 0.3) is 0 Å². The summed E-state index contributed by atoms with van der Waals surface area (Å²) in [5, 5.41) is 8.22. The quantitative estimate of drug-likeness (QED) is 0.606. The lowest BCUT2D eigenvalue weighted by molar-refractivity contribution is 0.528. The number of hydrogen-bond acceptors (Lipinski definition) is 4. The summed E-state index contributed by atoms with van der Waals surface area (Å²) < 4.78 is 6.74. The van der Waals surface area contributed by atoms with Crippen molar-refractivity contribution in [3.05, 3.63) is 64.5 Å². The van der Waals surface area contributed by atoms with Gasteiger partial charge in [-0.05, 0) is 42.8 Å². The third kappa shape index (κ3) is 3.54. The molecule has 0 radical (unpaired) electrons. The van der Waals surface area contributed by atoms with Gasteiger partial charge in [-0.1, -0.05) is 34.1 Å². The molecule has 0 saturated heterocycles. The number of benzene rings is 2. The van der Waals surface area contributed by atoms with E-state index < -0.39 is 0 Å². The number of aryl methyl sites for hydroxylation is 1. The van der Waals surface area contributed by atoms with E-state index in [4.69, 9.17) is 4.42 Å². The summed E-state index contributed by atoms with van der Waals surface area (Å²) in [6, 6.07) is 16.1. The zero-order valence-electron chi connectivity index (χ0n) is 11.4. The molecule has 21 heavy (non-hydrogen) atoms. The van der Waals surface area contributed by atoms with Gasteiger partial charge in [0.2, 0.25) is 11.8 Å². The van der Waals surface area contributed by atoms with E-state index in [2.05, 4.69) is 45.2 Å². The summed E-state index contributed by atoms with van der Waals surface area (Å²) >= 11 is 5.12. The van der Waals surface area contributed by atoms with E-state index in [-0.39, 0.29) is 0 Å². The van der Waals surface area contributed by atoms with E-state index in [1.54, 1.807) is 11.8 Å². The lowest BCUT2D eigenvalue weighted by Gasteiger charge is -2.02. The molecule has 0 saturated carbocycles. The molecule has 3 aromatic rings. The maximum absolute atomic E-state index is 5.71. The fourth-order valence-corrected chi connectivity index (χ4v) is 3.01. The number of aromatic nitrogens is 2. The van der Waals surface area contributed by atoms with Crippen LogP contribution in [0.1, 0.15) is 11.5 Å². The van der Waals surface area contributed by atoms with Crippen molar-refractivity contribution < 1.29 is 4.42 Å². The molecule has 106 valence electrons. The van der Waals surface area contributed by atoms with E-state index in [0.717, 1.165) is 10.0 Å². The monoisotopic (exact) mass is 360 g/mol. The molecule has 1 heterocycles. The third-order valence-electron chi connectivity index (χ3n) is 3.00. The van der Waals surface area contributed by atoms with Crippen LogP contribution in [-0.2, 0) is 5.75 Å². The van der Waals surface area contributed by atoms with Crippen molar-refractivity contribution in [3.8, 4) is 11.5 Å². The molecule has 0 unspecified atom stereocenters. The molecule has 0 spiro atoms. The SMILES string of the molecule is Cc1ccccc1SCc1nnc(-c2ccc(Br)cc2)o1. The zero-order chi connectivity index (χ0) is 14.7. The second kappa shape index (κ2) is 6.45. The molecule has 0 N–H and O–H groups in total. The minimum atomic E-state index is 0.558. The van der Waals surface area contributed by atoms with E-state index in [1.807, 2.05) is 36.4 Å². The first kappa shape index (κ1) is 14.4. The van der Waals surface area contributed by atoms with Crippen LogP contribution < -0.4 is 0 Å². The molecule has 3 nitrogen and oxygen atoms in total. The lowest BCUT2D eigenvalue weighted by Crippen LogP contribution is -1.82. The third-order valence-corrected chi connectivity index (χ3v) is 4.69. The first-order valence-electron chi connectivity index (χ1n) is 6.49. The largest absolute Gasteiger partial charge is 0.420 e. The molecule has 0 atom stereocenters. The number of halogens is 1. The summed E-state index contributed by atoms with van der Waals surface area (Å²) in [7, 11) is 0. The van der Waals surface area contributed by atoms with Crippen molar-refractivity contribution in [2.75, 3.05) is 0 Å². The summed E-state index contributed by atoms with van der Waals surface area (Å²) in [4.78, 5) is 1.24. The number of rotatable bonds is 4. The lowest BCUT2D eigenvalue weighted by atomic mass is 10.2. The van der Waals surface area contributed by atoms with Gasteiger partial charge in [0.15, 0.2) is 0 Å². The van der Waals surface area contributed by atoms with Crippen molar-refractivity contribution in [1.82, 2.24) is 10.2 Å². The summed E-state index contributed by atoms with van der Waals surface area (Å²) in [6.07, 6.45) is 0. The van der Waals surface area contributed by atoms with Gasteiger partial charge in [-0.15, -0.1) is 22.0 Å². The van der Waals surface area contributed by atoms with E-state index >= 15 is 0 Å². The molecule has 2 aromatic carbocycles. The molecule has 5 heteroatoms. The molecule has 3 rings (SSSR count). The zero-order valence-corrected chi connectivity index (χ0v) is 13.8. The van der Waals surface area contributed by atoms with Crippen LogP contribution in [0.5, 0.6) is 0 Å². The Morgan fingerprint density at radius 2 is 1.81 bits per heavy atom. The molecular formula is C16H13BrN2OS. The van der Waals surface area contributed by atoms with Crippen LogP contribution in [0.2, 0.25) is 0 Å². The normalized spacial score (nSPS) is 10.8. The predicted molar refractivity (Wildman–Crippen MR) is 88.2 cm³/mol. The average molecular weight is 361 g/mol. The Balaban J connectivity index is 1.71.